The fourth-order valence-corrected chi connectivity index (χ4v) is 6.16. The van der Waals surface area contributed by atoms with Crippen molar-refractivity contribution in [2.75, 3.05) is 4.90 Å². The number of aromatic nitrogens is 2. The summed E-state index contributed by atoms with van der Waals surface area (Å²) in [6.07, 6.45) is 0. The quantitative estimate of drug-likeness (QED) is 0.0955. The van der Waals surface area contributed by atoms with Crippen LogP contribution in [0.5, 0.6) is 0 Å². The molecule has 38 heavy (non-hydrogen) atoms. The van der Waals surface area contributed by atoms with Gasteiger partial charge in [-0.3, -0.25) is 14.5 Å². The normalized spacial score (nSPS) is 17.2. The van der Waals surface area contributed by atoms with E-state index in [2.05, 4.69) is 31.0 Å². The average molecular weight is 542 g/mol. The molecule has 0 radical (unpaired) electrons. The van der Waals surface area contributed by atoms with E-state index < -0.39 is 17.7 Å². The smallest absolute Gasteiger partial charge is 0.301 e. The fourth-order valence-electron chi connectivity index (χ4n) is 4.34. The number of benzene rings is 3. The number of rotatable bonds is 6. The molecule has 0 spiro atoms. The van der Waals surface area contributed by atoms with Crippen LogP contribution < -0.4 is 4.90 Å². The Labute approximate surface area is 230 Å². The second-order valence-corrected chi connectivity index (χ2v) is 12.2. The second-order valence-electron chi connectivity index (χ2n) is 10.0. The zero-order valence-electron chi connectivity index (χ0n) is 21.3. The Bertz CT molecular complexity index is 1490. The van der Waals surface area contributed by atoms with Crippen molar-refractivity contribution in [3.63, 3.8) is 0 Å². The lowest BCUT2D eigenvalue weighted by Gasteiger charge is -2.24. The van der Waals surface area contributed by atoms with E-state index in [1.807, 2.05) is 60.7 Å². The lowest BCUT2D eigenvalue weighted by atomic mass is 9.85. The van der Waals surface area contributed by atoms with Gasteiger partial charge in [-0.25, -0.2) is 0 Å². The van der Waals surface area contributed by atoms with Crippen molar-refractivity contribution in [3.05, 3.63) is 113 Å². The molecule has 1 unspecified atom stereocenters. The number of aliphatic hydroxyl groups is 1. The topological polar surface area (TPSA) is 83.4 Å². The van der Waals surface area contributed by atoms with Crippen LogP contribution in [0.4, 0.5) is 5.13 Å². The SMILES string of the molecule is CC(C)(C)c1ccc(C2/C(=C(/O)c3ccccc3)C(=O)C(=O)N2c2nnc(SCc3ccccc3)s2)cc1. The van der Waals surface area contributed by atoms with Gasteiger partial charge in [0.25, 0.3) is 5.78 Å². The number of hydrogen-bond acceptors (Lipinski definition) is 7. The summed E-state index contributed by atoms with van der Waals surface area (Å²) < 4.78 is 0.690. The summed E-state index contributed by atoms with van der Waals surface area (Å²) in [5, 5.41) is 20.1. The maximum atomic E-state index is 13.4. The predicted molar refractivity (Wildman–Crippen MR) is 152 cm³/mol. The molecule has 1 N–H and O–H groups in total. The first-order chi connectivity index (χ1) is 18.2. The van der Waals surface area contributed by atoms with E-state index in [0.717, 1.165) is 11.1 Å². The number of amides is 1. The molecule has 6 nitrogen and oxygen atoms in total. The number of carbonyl (C=O) groups excluding carboxylic acids is 2. The fraction of sp³-hybridized carbons (Fsp3) is 0.200. The summed E-state index contributed by atoms with van der Waals surface area (Å²) >= 11 is 2.78. The van der Waals surface area contributed by atoms with Crippen LogP contribution in [0.25, 0.3) is 5.76 Å². The van der Waals surface area contributed by atoms with Gasteiger partial charge in [0.15, 0.2) is 4.34 Å². The van der Waals surface area contributed by atoms with Crippen LogP contribution in [0.15, 0.2) is 94.8 Å². The number of ketones is 1. The first kappa shape index (κ1) is 25.9. The van der Waals surface area contributed by atoms with Crippen LogP contribution >= 0.6 is 23.1 Å². The number of Topliss-reactive ketones (excluding diaryl/α,β-unsaturated/α-hetero) is 1. The van der Waals surface area contributed by atoms with Gasteiger partial charge in [0.1, 0.15) is 5.76 Å². The van der Waals surface area contributed by atoms with Crippen LogP contribution in [0.2, 0.25) is 0 Å². The highest BCUT2D eigenvalue weighted by Gasteiger charge is 2.48. The van der Waals surface area contributed by atoms with Gasteiger partial charge in [0.05, 0.1) is 11.6 Å². The average Bonchev–Trinajstić information content (AvgIpc) is 3.50. The first-order valence-electron chi connectivity index (χ1n) is 12.2. The molecule has 1 saturated heterocycles. The minimum absolute atomic E-state index is 0.0402. The molecular weight excluding hydrogens is 514 g/mol. The summed E-state index contributed by atoms with van der Waals surface area (Å²) in [4.78, 5) is 28.2. The number of carbonyl (C=O) groups is 2. The molecule has 1 aromatic heterocycles. The highest BCUT2D eigenvalue weighted by atomic mass is 32.2. The van der Waals surface area contributed by atoms with Gasteiger partial charge in [-0.1, -0.05) is 129 Å². The van der Waals surface area contributed by atoms with Crippen LogP contribution in [0.3, 0.4) is 0 Å². The van der Waals surface area contributed by atoms with Crippen LogP contribution in [0, 0.1) is 0 Å². The summed E-state index contributed by atoms with van der Waals surface area (Å²) in [6.45, 7) is 6.37. The molecule has 0 saturated carbocycles. The van der Waals surface area contributed by atoms with Crippen LogP contribution in [-0.4, -0.2) is 27.0 Å². The van der Waals surface area contributed by atoms with Crippen molar-refractivity contribution >= 4 is 45.7 Å². The molecule has 8 heteroatoms. The predicted octanol–water partition coefficient (Wildman–Crippen LogP) is 6.75. The van der Waals surface area contributed by atoms with Gasteiger partial charge in [-0.2, -0.15) is 0 Å². The maximum Gasteiger partial charge on any atom is 0.301 e. The third-order valence-corrected chi connectivity index (χ3v) is 8.52. The first-order valence-corrected chi connectivity index (χ1v) is 14.0. The summed E-state index contributed by atoms with van der Waals surface area (Å²) in [7, 11) is 0. The zero-order valence-corrected chi connectivity index (χ0v) is 22.9. The van der Waals surface area contributed by atoms with Crippen molar-refractivity contribution in [1.82, 2.24) is 10.2 Å². The van der Waals surface area contributed by atoms with Crippen molar-refractivity contribution in [2.24, 2.45) is 0 Å². The Hall–Kier alpha value is -3.75. The van der Waals surface area contributed by atoms with Crippen molar-refractivity contribution in [3.8, 4) is 0 Å². The van der Waals surface area contributed by atoms with Gasteiger partial charge in [0, 0.05) is 11.3 Å². The maximum absolute atomic E-state index is 13.4. The molecular formula is C30H27N3O3S2. The molecule has 1 aliphatic rings. The highest BCUT2D eigenvalue weighted by Crippen LogP contribution is 2.44. The highest BCUT2D eigenvalue weighted by molar-refractivity contribution is 8.00. The van der Waals surface area contributed by atoms with Crippen LogP contribution in [-0.2, 0) is 20.8 Å². The van der Waals surface area contributed by atoms with Gasteiger partial charge < -0.3 is 5.11 Å². The van der Waals surface area contributed by atoms with Crippen molar-refractivity contribution in [2.45, 2.75) is 42.3 Å². The summed E-state index contributed by atoms with van der Waals surface area (Å²) in [5.74, 6) is -0.979. The van der Waals surface area contributed by atoms with E-state index in [1.165, 1.54) is 28.0 Å². The molecule has 192 valence electrons. The Morgan fingerprint density at radius 3 is 2.18 bits per heavy atom. The van der Waals surface area contributed by atoms with Gasteiger partial charge in [-0.05, 0) is 22.1 Å². The second kappa shape index (κ2) is 10.6. The van der Waals surface area contributed by atoms with E-state index in [1.54, 1.807) is 24.3 Å². The van der Waals surface area contributed by atoms with E-state index in [-0.39, 0.29) is 16.7 Å². The molecule has 2 heterocycles. The Morgan fingerprint density at radius 2 is 1.55 bits per heavy atom. The summed E-state index contributed by atoms with van der Waals surface area (Å²) in [5.41, 5.74) is 3.43. The minimum Gasteiger partial charge on any atom is -0.507 e. The lowest BCUT2D eigenvalue weighted by molar-refractivity contribution is -0.132. The molecule has 1 fully saturated rings. The third kappa shape index (κ3) is 5.14. The molecule has 4 aromatic rings. The Kier molecular flexibility index (Phi) is 7.19. The monoisotopic (exact) mass is 541 g/mol. The van der Waals surface area contributed by atoms with Gasteiger partial charge >= 0.3 is 5.91 Å². The number of hydrogen-bond donors (Lipinski definition) is 1. The standard InChI is InChI=1S/C30H27N3O3S2/c1-30(2,3)22-16-14-20(15-17-22)24-23(25(34)21-12-8-5-9-13-21)26(35)27(36)33(24)28-31-32-29(38-28)37-18-19-10-6-4-7-11-19/h4-17,24,34H,18H2,1-3H3/b25-23-. The Morgan fingerprint density at radius 1 is 0.921 bits per heavy atom. The van der Waals surface area contributed by atoms with E-state index >= 15 is 0 Å². The lowest BCUT2D eigenvalue weighted by Crippen LogP contribution is -2.29. The van der Waals surface area contributed by atoms with Crippen molar-refractivity contribution < 1.29 is 14.7 Å². The molecule has 1 atom stereocenters. The molecule has 0 aliphatic carbocycles. The number of thioether (sulfide) groups is 1. The van der Waals surface area contributed by atoms with E-state index in [9.17, 15) is 14.7 Å². The van der Waals surface area contributed by atoms with Crippen molar-refractivity contribution in [1.29, 1.82) is 0 Å². The van der Waals surface area contributed by atoms with Gasteiger partial charge in [-0.15, -0.1) is 10.2 Å². The third-order valence-electron chi connectivity index (χ3n) is 6.39. The molecule has 1 aliphatic heterocycles. The molecule has 1 amide bonds. The number of aliphatic hydroxyl groups excluding tert-OH is 1. The Balaban J connectivity index is 1.56. The molecule has 5 rings (SSSR count). The number of anilines is 1. The largest absolute Gasteiger partial charge is 0.507 e. The number of nitrogens with zero attached hydrogens (tertiary/aromatic N) is 3. The summed E-state index contributed by atoms with van der Waals surface area (Å²) in [6, 6.07) is 25.8. The molecule has 0 bridgehead atoms. The van der Waals surface area contributed by atoms with Crippen LogP contribution in [0.1, 0.15) is 49.1 Å². The molecule has 3 aromatic carbocycles. The zero-order chi connectivity index (χ0) is 26.9. The minimum atomic E-state index is -0.829. The van der Waals surface area contributed by atoms with E-state index in [4.69, 9.17) is 0 Å². The van der Waals surface area contributed by atoms with E-state index in [0.29, 0.717) is 26.4 Å². The van der Waals surface area contributed by atoms with Gasteiger partial charge in [0.2, 0.25) is 5.13 Å².